The number of nitrogens with zero attached hydrogens (tertiary/aromatic N) is 2. The van der Waals surface area contributed by atoms with Crippen LogP contribution in [0.25, 0.3) is 0 Å². The number of ether oxygens (including phenoxy) is 1. The van der Waals surface area contributed by atoms with Gasteiger partial charge in [0.15, 0.2) is 5.69 Å². The van der Waals surface area contributed by atoms with Crippen LogP contribution in [-0.2, 0) is 0 Å². The highest BCUT2D eigenvalue weighted by molar-refractivity contribution is 6.30. The van der Waals surface area contributed by atoms with Crippen molar-refractivity contribution >= 4 is 17.4 Å². The van der Waals surface area contributed by atoms with Crippen molar-refractivity contribution in [3.63, 3.8) is 0 Å². The number of amidine groups is 1. The number of hydrogen-bond donors (Lipinski definition) is 2. The number of aromatic nitrogens is 2. The maximum Gasteiger partial charge on any atom is 0.249 e. The summed E-state index contributed by atoms with van der Waals surface area (Å²) >= 11 is 5.90. The van der Waals surface area contributed by atoms with Crippen molar-refractivity contribution in [2.75, 3.05) is 0 Å². The quantitative estimate of drug-likeness (QED) is 0.657. The third-order valence-corrected chi connectivity index (χ3v) is 2.51. The largest absolute Gasteiger partial charge is 0.437 e. The van der Waals surface area contributed by atoms with Gasteiger partial charge >= 0.3 is 0 Å². The second-order valence-corrected chi connectivity index (χ2v) is 4.07. The van der Waals surface area contributed by atoms with Crippen molar-refractivity contribution in [1.29, 1.82) is 5.41 Å². The van der Waals surface area contributed by atoms with E-state index < -0.39 is 0 Å². The first kappa shape index (κ1) is 12.3. The smallest absolute Gasteiger partial charge is 0.249 e. The van der Waals surface area contributed by atoms with Crippen LogP contribution >= 0.6 is 11.6 Å². The Morgan fingerprint density at radius 2 is 2.06 bits per heavy atom. The second kappa shape index (κ2) is 5.01. The summed E-state index contributed by atoms with van der Waals surface area (Å²) in [4.78, 5) is 7.97. The lowest BCUT2D eigenvalue weighted by atomic mass is 10.2. The molecule has 2 aromatic rings. The molecule has 0 saturated carbocycles. The average Bonchev–Trinajstić information content (AvgIpc) is 2.34. The van der Waals surface area contributed by atoms with Crippen molar-refractivity contribution in [3.8, 4) is 11.6 Å². The molecule has 0 atom stereocenters. The van der Waals surface area contributed by atoms with Gasteiger partial charge in [-0.1, -0.05) is 17.7 Å². The molecule has 0 amide bonds. The van der Waals surface area contributed by atoms with Crippen LogP contribution in [0.15, 0.2) is 30.6 Å². The van der Waals surface area contributed by atoms with Crippen LogP contribution in [0.1, 0.15) is 11.3 Å². The van der Waals surface area contributed by atoms with E-state index in [-0.39, 0.29) is 17.4 Å². The zero-order chi connectivity index (χ0) is 13.1. The van der Waals surface area contributed by atoms with Gasteiger partial charge in [-0.05, 0) is 24.6 Å². The molecule has 0 saturated heterocycles. The lowest BCUT2D eigenvalue weighted by Gasteiger charge is -2.10. The van der Waals surface area contributed by atoms with Gasteiger partial charge in [0.2, 0.25) is 5.88 Å². The van der Waals surface area contributed by atoms with Crippen LogP contribution in [0.3, 0.4) is 0 Å². The Kier molecular flexibility index (Phi) is 3.43. The van der Waals surface area contributed by atoms with E-state index in [0.717, 1.165) is 5.56 Å². The fourth-order valence-corrected chi connectivity index (χ4v) is 1.53. The first-order valence-electron chi connectivity index (χ1n) is 5.17. The van der Waals surface area contributed by atoms with E-state index in [4.69, 9.17) is 27.5 Å². The van der Waals surface area contributed by atoms with Gasteiger partial charge in [0.05, 0.1) is 0 Å². The Balaban J connectivity index is 2.40. The van der Waals surface area contributed by atoms with E-state index in [1.54, 1.807) is 12.1 Å². The molecule has 0 radical (unpaired) electrons. The summed E-state index contributed by atoms with van der Waals surface area (Å²) < 4.78 is 5.60. The van der Waals surface area contributed by atoms with Crippen LogP contribution in [0.4, 0.5) is 0 Å². The summed E-state index contributed by atoms with van der Waals surface area (Å²) in [5, 5.41) is 7.97. The molecule has 3 N–H and O–H groups in total. The van der Waals surface area contributed by atoms with Crippen LogP contribution in [-0.4, -0.2) is 15.8 Å². The summed E-state index contributed by atoms with van der Waals surface area (Å²) in [7, 11) is 0. The third-order valence-electron chi connectivity index (χ3n) is 2.28. The Hall–Kier alpha value is -2.14. The molecule has 1 aromatic heterocycles. The molecule has 1 heterocycles. The maximum atomic E-state index is 7.41. The molecule has 0 spiro atoms. The number of benzene rings is 1. The summed E-state index contributed by atoms with van der Waals surface area (Å²) in [6, 6.07) is 5.28. The Labute approximate surface area is 109 Å². The van der Waals surface area contributed by atoms with Gasteiger partial charge in [0.25, 0.3) is 0 Å². The van der Waals surface area contributed by atoms with Crippen molar-refractivity contribution in [1.82, 2.24) is 9.97 Å². The van der Waals surface area contributed by atoms with Crippen LogP contribution in [0, 0.1) is 12.3 Å². The number of hydrogen-bond acceptors (Lipinski definition) is 4. The summed E-state index contributed by atoms with van der Waals surface area (Å²) in [5.41, 5.74) is 6.52. The SMILES string of the molecule is Cc1ccc(Cl)cc1Oc1nccnc1C(=N)N. The van der Waals surface area contributed by atoms with Gasteiger partial charge in [-0.2, -0.15) is 0 Å². The zero-order valence-electron chi connectivity index (χ0n) is 9.64. The van der Waals surface area contributed by atoms with Gasteiger partial charge in [-0.3, -0.25) is 5.41 Å². The normalized spacial score (nSPS) is 10.1. The molecular weight excluding hydrogens is 252 g/mol. The monoisotopic (exact) mass is 262 g/mol. The van der Waals surface area contributed by atoms with E-state index in [1.807, 2.05) is 13.0 Å². The summed E-state index contributed by atoms with van der Waals surface area (Å²) in [6.07, 6.45) is 2.93. The van der Waals surface area contributed by atoms with Crippen molar-refractivity contribution < 1.29 is 4.74 Å². The molecule has 2 rings (SSSR count). The van der Waals surface area contributed by atoms with Crippen molar-refractivity contribution in [3.05, 3.63) is 46.9 Å². The van der Waals surface area contributed by atoms with Gasteiger partial charge in [-0.25, -0.2) is 9.97 Å². The van der Waals surface area contributed by atoms with E-state index in [0.29, 0.717) is 10.8 Å². The zero-order valence-corrected chi connectivity index (χ0v) is 10.4. The van der Waals surface area contributed by atoms with E-state index in [1.165, 1.54) is 12.4 Å². The Morgan fingerprint density at radius 3 is 2.78 bits per heavy atom. The Bertz CT molecular complexity index is 600. The molecule has 6 heteroatoms. The van der Waals surface area contributed by atoms with Gasteiger partial charge in [0, 0.05) is 17.4 Å². The van der Waals surface area contributed by atoms with E-state index in [9.17, 15) is 0 Å². The summed E-state index contributed by atoms with van der Waals surface area (Å²) in [6.45, 7) is 1.88. The van der Waals surface area contributed by atoms with Crippen molar-refractivity contribution in [2.45, 2.75) is 6.92 Å². The molecule has 0 aliphatic heterocycles. The standard InChI is InChI=1S/C12H11ClN4O/c1-7-2-3-8(13)6-9(7)18-12-10(11(14)15)16-4-5-17-12/h2-6H,1H3,(H3,14,15). The maximum absolute atomic E-state index is 7.41. The predicted octanol–water partition coefficient (Wildman–Crippen LogP) is 2.51. The fraction of sp³-hybridized carbons (Fsp3) is 0.0833. The lowest BCUT2D eigenvalue weighted by molar-refractivity contribution is 0.455. The lowest BCUT2D eigenvalue weighted by Crippen LogP contribution is -2.15. The van der Waals surface area contributed by atoms with Crippen LogP contribution in [0.2, 0.25) is 5.02 Å². The molecule has 5 nitrogen and oxygen atoms in total. The topological polar surface area (TPSA) is 84.9 Å². The molecule has 18 heavy (non-hydrogen) atoms. The number of aryl methyl sites for hydroxylation is 1. The molecule has 1 aromatic carbocycles. The first-order chi connectivity index (χ1) is 8.58. The second-order valence-electron chi connectivity index (χ2n) is 3.64. The van der Waals surface area contributed by atoms with Crippen LogP contribution < -0.4 is 10.5 Å². The first-order valence-corrected chi connectivity index (χ1v) is 5.55. The van der Waals surface area contributed by atoms with Crippen LogP contribution in [0.5, 0.6) is 11.6 Å². The fourth-order valence-electron chi connectivity index (χ4n) is 1.37. The minimum absolute atomic E-state index is 0.190. The molecule has 0 fully saturated rings. The predicted molar refractivity (Wildman–Crippen MR) is 69.3 cm³/mol. The number of rotatable bonds is 3. The molecule has 0 aliphatic rings. The average molecular weight is 263 g/mol. The highest BCUT2D eigenvalue weighted by atomic mass is 35.5. The number of halogens is 1. The minimum atomic E-state index is -0.196. The third kappa shape index (κ3) is 2.57. The van der Waals surface area contributed by atoms with E-state index >= 15 is 0 Å². The molecule has 92 valence electrons. The number of nitrogens with one attached hydrogen (secondary N) is 1. The molecule has 0 unspecified atom stereocenters. The number of nitrogen functional groups attached to an aromatic ring is 1. The highest BCUT2D eigenvalue weighted by Gasteiger charge is 2.11. The number of nitrogens with two attached hydrogens (primary N) is 1. The van der Waals surface area contributed by atoms with Crippen molar-refractivity contribution in [2.24, 2.45) is 5.73 Å². The minimum Gasteiger partial charge on any atom is -0.437 e. The Morgan fingerprint density at radius 1 is 1.33 bits per heavy atom. The molecule has 0 bridgehead atoms. The molecule has 0 aliphatic carbocycles. The van der Waals surface area contributed by atoms with E-state index in [2.05, 4.69) is 9.97 Å². The van der Waals surface area contributed by atoms with Gasteiger partial charge in [0.1, 0.15) is 11.6 Å². The molecular formula is C12H11ClN4O. The summed E-state index contributed by atoms with van der Waals surface area (Å²) in [5.74, 6) is 0.554. The highest BCUT2D eigenvalue weighted by Crippen LogP contribution is 2.27. The van der Waals surface area contributed by atoms with Gasteiger partial charge in [-0.15, -0.1) is 0 Å². The van der Waals surface area contributed by atoms with Gasteiger partial charge < -0.3 is 10.5 Å².